The van der Waals surface area contributed by atoms with E-state index in [9.17, 15) is 13.2 Å². The van der Waals surface area contributed by atoms with Crippen LogP contribution < -0.4 is 15.5 Å². The lowest BCUT2D eigenvalue weighted by molar-refractivity contribution is -0.274. The van der Waals surface area contributed by atoms with Crippen LogP contribution in [-0.2, 0) is 0 Å². The van der Waals surface area contributed by atoms with E-state index >= 15 is 0 Å². The van der Waals surface area contributed by atoms with Crippen LogP contribution in [0.25, 0.3) is 27.5 Å². The van der Waals surface area contributed by atoms with E-state index in [1.54, 1.807) is 24.7 Å². The van der Waals surface area contributed by atoms with Crippen molar-refractivity contribution >= 4 is 51.0 Å². The third kappa shape index (κ3) is 5.54. The van der Waals surface area contributed by atoms with Crippen molar-refractivity contribution < 1.29 is 17.9 Å². The van der Waals surface area contributed by atoms with E-state index in [1.165, 1.54) is 12.1 Å². The van der Waals surface area contributed by atoms with Crippen molar-refractivity contribution in [1.29, 1.82) is 0 Å². The number of hydrazone groups is 1. The Hall–Kier alpha value is -4.44. The van der Waals surface area contributed by atoms with E-state index in [1.807, 2.05) is 66.1 Å². The van der Waals surface area contributed by atoms with Gasteiger partial charge in [-0.05, 0) is 78.1 Å². The molecule has 0 radical (unpaired) electrons. The Morgan fingerprint density at radius 1 is 1.03 bits per heavy atom. The van der Waals surface area contributed by atoms with Crippen LogP contribution in [-0.4, -0.2) is 27.2 Å². The molecular formula is C27H20F3N5OS. The summed E-state index contributed by atoms with van der Waals surface area (Å²) in [6, 6.07) is 23.2. The lowest BCUT2D eigenvalue weighted by Crippen LogP contribution is -2.24. The summed E-state index contributed by atoms with van der Waals surface area (Å²) >= 11 is 5.31. The molecule has 0 aliphatic carbocycles. The van der Waals surface area contributed by atoms with Crippen molar-refractivity contribution in [2.75, 3.05) is 5.32 Å². The molecular weight excluding hydrogens is 499 g/mol. The molecule has 0 atom stereocenters. The van der Waals surface area contributed by atoms with Crippen LogP contribution >= 0.6 is 12.2 Å². The van der Waals surface area contributed by atoms with Crippen molar-refractivity contribution in [2.24, 2.45) is 5.10 Å². The predicted octanol–water partition coefficient (Wildman–Crippen LogP) is 6.71. The fourth-order valence-corrected chi connectivity index (χ4v) is 4.11. The Labute approximate surface area is 215 Å². The molecule has 4 aromatic carbocycles. The van der Waals surface area contributed by atoms with Crippen LogP contribution in [0.2, 0.25) is 0 Å². The molecule has 0 bridgehead atoms. The molecule has 0 unspecified atom stereocenters. The highest BCUT2D eigenvalue weighted by molar-refractivity contribution is 7.80. The summed E-state index contributed by atoms with van der Waals surface area (Å²) in [6.45, 7) is 1.99. The minimum Gasteiger partial charge on any atom is -0.406 e. The van der Waals surface area contributed by atoms with Crippen LogP contribution in [0.1, 0.15) is 11.1 Å². The number of anilines is 1. The topological polar surface area (TPSA) is 63.5 Å². The van der Waals surface area contributed by atoms with Gasteiger partial charge in [0.1, 0.15) is 12.1 Å². The summed E-state index contributed by atoms with van der Waals surface area (Å²) in [4.78, 5) is 4.55. The van der Waals surface area contributed by atoms with Crippen molar-refractivity contribution in [3.05, 3.63) is 96.3 Å². The first kappa shape index (κ1) is 24.3. The van der Waals surface area contributed by atoms with Gasteiger partial charge in [0.05, 0.1) is 17.2 Å². The number of rotatable bonds is 5. The second-order valence-electron chi connectivity index (χ2n) is 8.21. The quantitative estimate of drug-likeness (QED) is 0.154. The monoisotopic (exact) mass is 519 g/mol. The molecule has 6 nitrogen and oxygen atoms in total. The van der Waals surface area contributed by atoms with E-state index in [-0.39, 0.29) is 5.75 Å². The minimum absolute atomic E-state index is 0.276. The zero-order valence-corrected chi connectivity index (χ0v) is 20.3. The highest BCUT2D eigenvalue weighted by Crippen LogP contribution is 2.28. The van der Waals surface area contributed by atoms with Gasteiger partial charge in [0.2, 0.25) is 0 Å². The lowest BCUT2D eigenvalue weighted by atomic mass is 10.1. The second-order valence-corrected chi connectivity index (χ2v) is 8.62. The van der Waals surface area contributed by atoms with Crippen molar-refractivity contribution in [3.8, 4) is 11.4 Å². The summed E-state index contributed by atoms with van der Waals surface area (Å²) in [5.41, 5.74) is 7.96. The highest BCUT2D eigenvalue weighted by Gasteiger charge is 2.31. The van der Waals surface area contributed by atoms with Gasteiger partial charge in [0.15, 0.2) is 5.11 Å². The molecule has 1 aromatic heterocycles. The van der Waals surface area contributed by atoms with Crippen molar-refractivity contribution in [3.63, 3.8) is 0 Å². The van der Waals surface area contributed by atoms with E-state index in [0.29, 0.717) is 10.8 Å². The van der Waals surface area contributed by atoms with Crippen molar-refractivity contribution in [1.82, 2.24) is 15.0 Å². The van der Waals surface area contributed by atoms with Gasteiger partial charge in [-0.2, -0.15) is 5.10 Å². The first-order valence-corrected chi connectivity index (χ1v) is 11.6. The zero-order valence-electron chi connectivity index (χ0n) is 19.5. The van der Waals surface area contributed by atoms with E-state index in [4.69, 9.17) is 12.2 Å². The SMILES string of the molecule is Cc1ccccc1NC(=S)N/N=C/c1ccc2c(ccc3c2ncn3-c2ccc(OC(F)(F)F)cc2)c1. The molecule has 0 aliphatic heterocycles. The molecule has 2 N–H and O–H groups in total. The lowest BCUT2D eigenvalue weighted by Gasteiger charge is -2.10. The van der Waals surface area contributed by atoms with E-state index in [2.05, 4.69) is 25.6 Å². The number of halogens is 3. The molecule has 5 rings (SSSR count). The number of hydrogen-bond acceptors (Lipinski definition) is 4. The Kier molecular flexibility index (Phi) is 6.49. The zero-order chi connectivity index (χ0) is 26.0. The number of thiocarbonyl (C=S) groups is 1. The van der Waals surface area contributed by atoms with Crippen LogP contribution in [0.3, 0.4) is 0 Å². The summed E-state index contributed by atoms with van der Waals surface area (Å²) in [7, 11) is 0. The first-order valence-electron chi connectivity index (χ1n) is 11.2. The maximum absolute atomic E-state index is 12.4. The molecule has 0 saturated heterocycles. The molecule has 0 spiro atoms. The van der Waals surface area contributed by atoms with Gasteiger partial charge in [-0.25, -0.2) is 4.98 Å². The second kappa shape index (κ2) is 9.90. The normalized spacial score (nSPS) is 11.8. The molecule has 10 heteroatoms. The average molecular weight is 520 g/mol. The Bertz CT molecular complexity index is 1630. The Balaban J connectivity index is 1.32. The number of imidazole rings is 1. The molecule has 0 amide bonds. The number of hydrogen-bond donors (Lipinski definition) is 2. The van der Waals surface area contributed by atoms with Gasteiger partial charge in [-0.1, -0.05) is 36.4 Å². The van der Waals surface area contributed by atoms with Gasteiger partial charge in [-0.15, -0.1) is 13.2 Å². The predicted molar refractivity (Wildman–Crippen MR) is 143 cm³/mol. The number of nitrogens with one attached hydrogen (secondary N) is 2. The number of para-hydroxylation sites is 1. The number of aryl methyl sites for hydroxylation is 1. The smallest absolute Gasteiger partial charge is 0.406 e. The standard InChI is InChI=1S/C27H20F3N5OS/c1-17-4-2-3-5-23(17)33-26(37)34-32-15-18-6-12-22-19(14-18)7-13-24-25(22)31-16-35(24)20-8-10-21(11-9-20)36-27(28,29)30/h2-16H,1H3,(H2,33,34,37)/b32-15+. The number of benzene rings is 4. The molecule has 0 saturated carbocycles. The summed E-state index contributed by atoms with van der Waals surface area (Å²) in [5, 5.41) is 9.64. The van der Waals surface area contributed by atoms with Gasteiger partial charge >= 0.3 is 6.36 Å². The molecule has 0 aliphatic rings. The largest absolute Gasteiger partial charge is 0.573 e. The Morgan fingerprint density at radius 2 is 1.81 bits per heavy atom. The maximum atomic E-state index is 12.4. The van der Waals surface area contributed by atoms with Crippen LogP contribution in [0.4, 0.5) is 18.9 Å². The van der Waals surface area contributed by atoms with Gasteiger partial charge < -0.3 is 10.1 Å². The first-order chi connectivity index (χ1) is 17.8. The number of aromatic nitrogens is 2. The number of alkyl halides is 3. The fourth-order valence-electron chi connectivity index (χ4n) is 3.95. The third-order valence-corrected chi connectivity index (χ3v) is 5.87. The molecule has 1 heterocycles. The molecule has 5 aromatic rings. The molecule has 0 fully saturated rings. The summed E-state index contributed by atoms with van der Waals surface area (Å²) < 4.78 is 43.1. The fraction of sp³-hybridized carbons (Fsp3) is 0.0741. The number of fused-ring (bicyclic) bond motifs is 3. The average Bonchev–Trinajstić information content (AvgIpc) is 3.29. The number of nitrogens with zero attached hydrogens (tertiary/aromatic N) is 3. The molecule has 186 valence electrons. The van der Waals surface area contributed by atoms with Gasteiger partial charge in [0.25, 0.3) is 0 Å². The van der Waals surface area contributed by atoms with Crippen LogP contribution in [0.15, 0.2) is 90.3 Å². The van der Waals surface area contributed by atoms with E-state index < -0.39 is 6.36 Å². The third-order valence-electron chi connectivity index (χ3n) is 5.68. The van der Waals surface area contributed by atoms with Gasteiger partial charge in [0, 0.05) is 16.8 Å². The maximum Gasteiger partial charge on any atom is 0.573 e. The minimum atomic E-state index is -4.73. The Morgan fingerprint density at radius 3 is 2.57 bits per heavy atom. The highest BCUT2D eigenvalue weighted by atomic mass is 32.1. The molecule has 37 heavy (non-hydrogen) atoms. The number of ether oxygens (including phenoxy) is 1. The van der Waals surface area contributed by atoms with Crippen LogP contribution in [0.5, 0.6) is 5.75 Å². The van der Waals surface area contributed by atoms with Crippen molar-refractivity contribution in [2.45, 2.75) is 13.3 Å². The van der Waals surface area contributed by atoms with Gasteiger partial charge in [-0.3, -0.25) is 9.99 Å². The summed E-state index contributed by atoms with van der Waals surface area (Å²) in [5.74, 6) is -0.276. The summed E-state index contributed by atoms with van der Waals surface area (Å²) in [6.07, 6.45) is -1.41. The van der Waals surface area contributed by atoms with E-state index in [0.717, 1.165) is 38.6 Å². The van der Waals surface area contributed by atoms with Crippen LogP contribution in [0, 0.1) is 6.92 Å².